The van der Waals surface area contributed by atoms with E-state index in [2.05, 4.69) is 0 Å². The van der Waals surface area contributed by atoms with Gasteiger partial charge in [0.15, 0.2) is 0 Å². The highest BCUT2D eigenvalue weighted by molar-refractivity contribution is 6.16. The van der Waals surface area contributed by atoms with E-state index < -0.39 is 34.8 Å². The Morgan fingerprint density at radius 2 is 1.29 bits per heavy atom. The predicted octanol–water partition coefficient (Wildman–Crippen LogP) is 2.56. The Balaban J connectivity index is 5.40. The van der Waals surface area contributed by atoms with Gasteiger partial charge in [0.1, 0.15) is 6.10 Å². The number of hydrogen-bond acceptors (Lipinski definition) is 4. The van der Waals surface area contributed by atoms with Crippen LogP contribution in [0.15, 0.2) is 0 Å². The van der Waals surface area contributed by atoms with Crippen molar-refractivity contribution in [3.63, 3.8) is 0 Å². The third-order valence-corrected chi connectivity index (χ3v) is 3.28. The zero-order valence-corrected chi connectivity index (χ0v) is 13.8. The molecule has 122 valence electrons. The maximum atomic E-state index is 12.1. The van der Waals surface area contributed by atoms with Crippen LogP contribution in [0.25, 0.3) is 0 Å². The van der Waals surface area contributed by atoms with Crippen molar-refractivity contribution in [2.45, 2.75) is 61.0 Å². The van der Waals surface area contributed by atoms with Crippen LogP contribution in [0.2, 0.25) is 0 Å². The fourth-order valence-corrected chi connectivity index (χ4v) is 1.59. The molecule has 2 N–H and O–H groups in total. The van der Waals surface area contributed by atoms with Gasteiger partial charge < -0.3 is 14.9 Å². The van der Waals surface area contributed by atoms with E-state index >= 15 is 0 Å². The largest absolute Gasteiger partial charge is 0.480 e. The molecule has 6 nitrogen and oxygen atoms in total. The molecule has 0 saturated heterocycles. The van der Waals surface area contributed by atoms with E-state index in [0.29, 0.717) is 6.42 Å². The van der Waals surface area contributed by atoms with E-state index in [4.69, 9.17) is 14.9 Å². The molecule has 0 bridgehead atoms. The van der Waals surface area contributed by atoms with Crippen LogP contribution < -0.4 is 0 Å². The van der Waals surface area contributed by atoms with Crippen molar-refractivity contribution in [3.05, 3.63) is 0 Å². The molecule has 1 unspecified atom stereocenters. The molecule has 0 spiro atoms. The van der Waals surface area contributed by atoms with E-state index in [1.165, 1.54) is 0 Å². The van der Waals surface area contributed by atoms with Crippen molar-refractivity contribution in [1.82, 2.24) is 0 Å². The van der Waals surface area contributed by atoms with Gasteiger partial charge in [-0.25, -0.2) is 0 Å². The first kappa shape index (κ1) is 19.4. The minimum absolute atomic E-state index is 0.152. The summed E-state index contributed by atoms with van der Waals surface area (Å²) in [4.78, 5) is 34.4. The third-order valence-electron chi connectivity index (χ3n) is 3.28. The maximum absolute atomic E-state index is 12.1. The average Bonchev–Trinajstić information content (AvgIpc) is 2.22. The van der Waals surface area contributed by atoms with Gasteiger partial charge >= 0.3 is 17.9 Å². The summed E-state index contributed by atoms with van der Waals surface area (Å²) in [6, 6.07) is 0. The molecule has 0 heterocycles. The zero-order valence-electron chi connectivity index (χ0n) is 13.8. The molecule has 0 rings (SSSR count). The standard InChI is InChI=1S/C15H26O6/c1-13(2,3)8-9(14(4,5)6)21-12(20)15(7,10(16)17)11(18)19/h9H,8H2,1-7H3,(H,16,17)(H,18,19). The molecular formula is C15H26O6. The van der Waals surface area contributed by atoms with Crippen molar-refractivity contribution in [1.29, 1.82) is 0 Å². The number of aliphatic carboxylic acids is 2. The summed E-state index contributed by atoms with van der Waals surface area (Å²) in [5, 5.41) is 18.1. The Morgan fingerprint density at radius 3 is 1.52 bits per heavy atom. The summed E-state index contributed by atoms with van der Waals surface area (Å²) in [6.45, 7) is 12.3. The van der Waals surface area contributed by atoms with Crippen LogP contribution >= 0.6 is 0 Å². The first-order valence-corrected chi connectivity index (χ1v) is 6.80. The average molecular weight is 302 g/mol. The first-order valence-electron chi connectivity index (χ1n) is 6.80. The molecule has 0 aromatic heterocycles. The van der Waals surface area contributed by atoms with Gasteiger partial charge in [0.05, 0.1) is 0 Å². The van der Waals surface area contributed by atoms with Crippen molar-refractivity contribution in [3.8, 4) is 0 Å². The topological polar surface area (TPSA) is 101 Å². The van der Waals surface area contributed by atoms with Crippen LogP contribution in [0.4, 0.5) is 0 Å². The molecule has 21 heavy (non-hydrogen) atoms. The maximum Gasteiger partial charge on any atom is 0.335 e. The van der Waals surface area contributed by atoms with E-state index in [-0.39, 0.29) is 5.41 Å². The fourth-order valence-electron chi connectivity index (χ4n) is 1.59. The number of ether oxygens (including phenoxy) is 1. The molecule has 0 aliphatic carbocycles. The van der Waals surface area contributed by atoms with Crippen LogP contribution in [0, 0.1) is 16.2 Å². The van der Waals surface area contributed by atoms with E-state index in [1.807, 2.05) is 41.5 Å². The second kappa shape index (κ2) is 6.03. The summed E-state index contributed by atoms with van der Waals surface area (Å²) >= 11 is 0. The van der Waals surface area contributed by atoms with Gasteiger partial charge in [-0.15, -0.1) is 0 Å². The molecule has 6 heteroatoms. The number of carbonyl (C=O) groups is 3. The van der Waals surface area contributed by atoms with Crippen molar-refractivity contribution >= 4 is 17.9 Å². The molecule has 0 fully saturated rings. The van der Waals surface area contributed by atoms with Crippen LogP contribution in [0.1, 0.15) is 54.9 Å². The predicted molar refractivity (Wildman–Crippen MR) is 76.8 cm³/mol. The van der Waals surface area contributed by atoms with Gasteiger partial charge in [-0.1, -0.05) is 41.5 Å². The Morgan fingerprint density at radius 1 is 0.905 bits per heavy atom. The summed E-state index contributed by atoms with van der Waals surface area (Å²) < 4.78 is 5.28. The van der Waals surface area contributed by atoms with E-state index in [1.54, 1.807) is 0 Å². The Kier molecular flexibility index (Phi) is 5.58. The van der Waals surface area contributed by atoms with Gasteiger partial charge in [0, 0.05) is 0 Å². The quantitative estimate of drug-likeness (QED) is 0.598. The molecule has 0 aliphatic rings. The number of hydrogen-bond donors (Lipinski definition) is 2. The monoisotopic (exact) mass is 302 g/mol. The number of rotatable bonds is 5. The minimum atomic E-state index is -2.60. The summed E-state index contributed by atoms with van der Waals surface area (Å²) in [5.74, 6) is -4.71. The van der Waals surface area contributed by atoms with Crippen LogP contribution in [-0.2, 0) is 19.1 Å². The Bertz CT molecular complexity index is 410. The zero-order chi connectivity index (χ0) is 17.2. The van der Waals surface area contributed by atoms with Crippen molar-refractivity contribution < 1.29 is 29.3 Å². The van der Waals surface area contributed by atoms with Crippen LogP contribution in [0.3, 0.4) is 0 Å². The molecule has 0 amide bonds. The van der Waals surface area contributed by atoms with Gasteiger partial charge in [-0.05, 0) is 24.2 Å². The normalized spacial score (nSPS) is 14.4. The number of carbonyl (C=O) groups excluding carboxylic acids is 1. The second-order valence-electron chi connectivity index (χ2n) is 7.76. The Hall–Kier alpha value is -1.59. The highest BCUT2D eigenvalue weighted by atomic mass is 16.6. The van der Waals surface area contributed by atoms with Gasteiger partial charge in [-0.2, -0.15) is 0 Å². The summed E-state index contributed by atoms with van der Waals surface area (Å²) in [5.41, 5.74) is -3.18. The van der Waals surface area contributed by atoms with E-state index in [9.17, 15) is 14.4 Å². The van der Waals surface area contributed by atoms with E-state index in [0.717, 1.165) is 6.92 Å². The summed E-state index contributed by atoms with van der Waals surface area (Å²) in [7, 11) is 0. The lowest BCUT2D eigenvalue weighted by Gasteiger charge is -2.36. The molecule has 0 aliphatic heterocycles. The lowest BCUT2D eigenvalue weighted by atomic mass is 9.78. The highest BCUT2D eigenvalue weighted by Gasteiger charge is 2.52. The minimum Gasteiger partial charge on any atom is -0.480 e. The van der Waals surface area contributed by atoms with Crippen molar-refractivity contribution in [2.75, 3.05) is 0 Å². The first-order chi connectivity index (χ1) is 9.12. The van der Waals surface area contributed by atoms with Gasteiger partial charge in [0.2, 0.25) is 0 Å². The Labute approximate surface area is 125 Å². The van der Waals surface area contributed by atoms with Crippen molar-refractivity contribution in [2.24, 2.45) is 16.2 Å². The van der Waals surface area contributed by atoms with Gasteiger partial charge in [-0.3, -0.25) is 14.4 Å². The number of carboxylic acids is 2. The van der Waals surface area contributed by atoms with Crippen LogP contribution in [-0.4, -0.2) is 34.2 Å². The van der Waals surface area contributed by atoms with Crippen LogP contribution in [0.5, 0.6) is 0 Å². The molecular weight excluding hydrogens is 276 g/mol. The molecule has 0 radical (unpaired) electrons. The fraction of sp³-hybridized carbons (Fsp3) is 0.800. The molecule has 1 atom stereocenters. The third kappa shape index (κ3) is 5.02. The molecule has 0 saturated carbocycles. The lowest BCUT2D eigenvalue weighted by molar-refractivity contribution is -0.183. The summed E-state index contributed by atoms with van der Waals surface area (Å²) in [6.07, 6.45) is -0.0830. The number of carboxylic acid groups (broad SMARTS) is 2. The SMILES string of the molecule is CC(C)(C)CC(OC(=O)C(C)(C(=O)O)C(=O)O)C(C)(C)C. The smallest absolute Gasteiger partial charge is 0.335 e. The van der Waals surface area contributed by atoms with Gasteiger partial charge in [0.25, 0.3) is 5.41 Å². The molecule has 0 aromatic rings. The second-order valence-corrected chi connectivity index (χ2v) is 7.76. The molecule has 0 aromatic carbocycles. The number of esters is 1. The lowest BCUT2D eigenvalue weighted by Crippen LogP contribution is -2.48. The highest BCUT2D eigenvalue weighted by Crippen LogP contribution is 2.34.